The Morgan fingerprint density at radius 3 is 2.72 bits per heavy atom. The number of aromatic hydroxyl groups is 1. The van der Waals surface area contributed by atoms with E-state index in [2.05, 4.69) is 114 Å². The zero-order valence-electron chi connectivity index (χ0n) is 25.9. The summed E-state index contributed by atoms with van der Waals surface area (Å²) in [6.07, 6.45) is 14.1. The van der Waals surface area contributed by atoms with Crippen molar-refractivity contribution in [2.45, 2.75) is 65.3 Å². The van der Waals surface area contributed by atoms with Gasteiger partial charge < -0.3 is 19.0 Å². The molecule has 222 valence electrons. The second kappa shape index (κ2) is 11.1. The Morgan fingerprint density at radius 2 is 1.88 bits per heavy atom. The molecule has 0 radical (unpaired) electrons. The topological polar surface area (TPSA) is 48.7 Å². The number of hydrogen-bond acceptors (Lipinski definition) is 4. The first-order valence-electron chi connectivity index (χ1n) is 15.9. The van der Waals surface area contributed by atoms with Crippen LogP contribution in [0.1, 0.15) is 69.2 Å². The third-order valence-corrected chi connectivity index (χ3v) is 9.89. The van der Waals surface area contributed by atoms with Gasteiger partial charge in [0.15, 0.2) is 0 Å². The summed E-state index contributed by atoms with van der Waals surface area (Å²) in [5, 5.41) is 10.5. The van der Waals surface area contributed by atoms with Crippen LogP contribution in [0.2, 0.25) is 0 Å². The predicted octanol–water partition coefficient (Wildman–Crippen LogP) is 8.09. The highest BCUT2D eigenvalue weighted by atomic mass is 16.5. The summed E-state index contributed by atoms with van der Waals surface area (Å²) in [5.74, 6) is 2.06. The summed E-state index contributed by atoms with van der Waals surface area (Å²) in [6.45, 7) is 9.39. The van der Waals surface area contributed by atoms with Crippen LogP contribution in [0.15, 0.2) is 82.8 Å². The van der Waals surface area contributed by atoms with Crippen molar-refractivity contribution in [2.75, 3.05) is 22.9 Å². The number of aromatic nitrogens is 2. The highest BCUT2D eigenvalue weighted by Gasteiger charge is 2.34. The molecule has 2 aliphatic heterocycles. The summed E-state index contributed by atoms with van der Waals surface area (Å²) in [4.78, 5) is 4.98. The number of allylic oxidation sites excluding steroid dienone is 1. The monoisotopic (exact) mass is 575 g/mol. The number of hydrogen-bond donors (Lipinski definition) is 1. The summed E-state index contributed by atoms with van der Waals surface area (Å²) >= 11 is 0. The molecule has 2 unspecified atom stereocenters. The number of para-hydroxylation sites is 1. The molecule has 0 amide bonds. The molecular formula is C37H43N4O2+. The molecule has 2 atom stereocenters. The number of anilines is 3. The van der Waals surface area contributed by atoms with Crippen LogP contribution in [0, 0.1) is 5.92 Å². The number of benzene rings is 1. The number of aryl methyl sites for hydroxylation is 1. The molecule has 3 aromatic heterocycles. The zero-order valence-corrected chi connectivity index (χ0v) is 25.9. The molecule has 0 fully saturated rings. The Bertz CT molecular complexity index is 1710. The minimum atomic E-state index is 0.0678. The Labute approximate surface area is 255 Å². The van der Waals surface area contributed by atoms with Gasteiger partial charge in [0.1, 0.15) is 30.7 Å². The van der Waals surface area contributed by atoms with Gasteiger partial charge in [0.05, 0.1) is 17.8 Å². The number of nitrogens with zero attached hydrogens (tertiary/aromatic N) is 4. The zero-order chi connectivity index (χ0) is 29.7. The number of pyridine rings is 1. The molecule has 6 heteroatoms. The van der Waals surface area contributed by atoms with Gasteiger partial charge in [-0.15, -0.1) is 0 Å². The molecular weight excluding hydrogens is 532 g/mol. The van der Waals surface area contributed by atoms with Crippen molar-refractivity contribution in [2.24, 2.45) is 13.0 Å². The smallest absolute Gasteiger partial charge is 0.285 e. The third-order valence-electron chi connectivity index (χ3n) is 9.89. The van der Waals surface area contributed by atoms with E-state index >= 15 is 0 Å². The number of furan rings is 1. The average molecular weight is 576 g/mol. The maximum Gasteiger partial charge on any atom is 0.285 e. The van der Waals surface area contributed by atoms with Crippen molar-refractivity contribution >= 4 is 23.3 Å². The SMILES string of the molecule is CC1=CN2CC[n+]3c(cccc3N(CC3=Cc4coc(O)c4C(C)CCCC3)c3ccccc3)-c3cn(C)c(c32)CC1C. The largest absolute Gasteiger partial charge is 0.480 e. The van der Waals surface area contributed by atoms with Gasteiger partial charge in [-0.1, -0.05) is 44.0 Å². The predicted molar refractivity (Wildman–Crippen MR) is 174 cm³/mol. The highest BCUT2D eigenvalue weighted by molar-refractivity contribution is 5.80. The van der Waals surface area contributed by atoms with Crippen LogP contribution in [0.4, 0.5) is 17.2 Å². The van der Waals surface area contributed by atoms with Gasteiger partial charge in [-0.2, -0.15) is 0 Å². The summed E-state index contributed by atoms with van der Waals surface area (Å²) in [7, 11) is 2.20. The maximum atomic E-state index is 10.5. The highest BCUT2D eigenvalue weighted by Crippen LogP contribution is 2.42. The van der Waals surface area contributed by atoms with E-state index < -0.39 is 0 Å². The van der Waals surface area contributed by atoms with Crippen LogP contribution < -0.4 is 14.4 Å². The molecule has 7 rings (SSSR count). The first-order chi connectivity index (χ1) is 20.9. The number of rotatable bonds is 4. The van der Waals surface area contributed by atoms with Gasteiger partial charge >= 0.3 is 0 Å². The lowest BCUT2D eigenvalue weighted by atomic mass is 9.95. The molecule has 1 aliphatic carbocycles. The molecule has 1 aromatic carbocycles. The van der Waals surface area contributed by atoms with Crippen LogP contribution in [0.5, 0.6) is 5.95 Å². The van der Waals surface area contributed by atoms with Crippen molar-refractivity contribution in [3.8, 4) is 17.2 Å². The molecule has 5 heterocycles. The molecule has 0 saturated carbocycles. The summed E-state index contributed by atoms with van der Waals surface area (Å²) in [5.41, 5.74) is 11.3. The van der Waals surface area contributed by atoms with Crippen molar-refractivity contribution in [3.63, 3.8) is 0 Å². The minimum Gasteiger partial charge on any atom is -0.480 e. The van der Waals surface area contributed by atoms with E-state index in [1.165, 1.54) is 45.3 Å². The van der Waals surface area contributed by atoms with Crippen molar-refractivity contribution in [1.82, 2.24) is 4.57 Å². The number of fused-ring (bicyclic) bond motifs is 3. The maximum absolute atomic E-state index is 10.5. The lowest BCUT2D eigenvalue weighted by Crippen LogP contribution is -2.45. The van der Waals surface area contributed by atoms with Crippen molar-refractivity contribution in [3.05, 3.63) is 95.2 Å². The molecule has 43 heavy (non-hydrogen) atoms. The fourth-order valence-electron chi connectivity index (χ4n) is 7.37. The Hall–Kier alpha value is -4.19. The van der Waals surface area contributed by atoms with Gasteiger partial charge in [-0.3, -0.25) is 0 Å². The molecule has 0 bridgehead atoms. The van der Waals surface area contributed by atoms with E-state index in [1.807, 2.05) is 0 Å². The van der Waals surface area contributed by atoms with E-state index in [-0.39, 0.29) is 11.9 Å². The Kier molecular flexibility index (Phi) is 7.16. The van der Waals surface area contributed by atoms with Gasteiger partial charge in [-0.25, -0.2) is 9.47 Å². The van der Waals surface area contributed by atoms with Crippen LogP contribution in [-0.2, 0) is 20.0 Å². The normalized spacial score (nSPS) is 19.9. The molecule has 1 N–H and O–H groups in total. The average Bonchev–Trinajstić information content (AvgIpc) is 3.46. The van der Waals surface area contributed by atoms with E-state index in [1.54, 1.807) is 6.26 Å². The fourth-order valence-corrected chi connectivity index (χ4v) is 7.37. The van der Waals surface area contributed by atoms with Gasteiger partial charge in [0, 0.05) is 42.3 Å². The van der Waals surface area contributed by atoms with Crippen LogP contribution in [0.25, 0.3) is 17.3 Å². The van der Waals surface area contributed by atoms with E-state index in [9.17, 15) is 5.11 Å². The summed E-state index contributed by atoms with van der Waals surface area (Å²) < 4.78 is 10.4. The van der Waals surface area contributed by atoms with Gasteiger partial charge in [-0.05, 0) is 80.4 Å². The second-order valence-electron chi connectivity index (χ2n) is 12.8. The quantitative estimate of drug-likeness (QED) is 0.250. The second-order valence-corrected chi connectivity index (χ2v) is 12.8. The first-order valence-corrected chi connectivity index (χ1v) is 15.9. The van der Waals surface area contributed by atoms with Crippen LogP contribution in [-0.4, -0.2) is 22.8 Å². The minimum absolute atomic E-state index is 0.0678. The lowest BCUT2D eigenvalue weighted by Gasteiger charge is -2.22. The summed E-state index contributed by atoms with van der Waals surface area (Å²) in [6, 6.07) is 17.6. The fraction of sp³-hybridized carbons (Fsp3) is 0.378. The lowest BCUT2D eigenvalue weighted by molar-refractivity contribution is -0.670. The first kappa shape index (κ1) is 27.6. The molecule has 3 aliphatic rings. The van der Waals surface area contributed by atoms with Gasteiger partial charge in [0.25, 0.3) is 11.8 Å². The van der Waals surface area contributed by atoms with E-state index in [0.717, 1.165) is 62.9 Å². The van der Waals surface area contributed by atoms with Crippen molar-refractivity contribution in [1.29, 1.82) is 0 Å². The van der Waals surface area contributed by atoms with E-state index in [4.69, 9.17) is 4.42 Å². The Balaban J connectivity index is 1.35. The standard InChI is InChI=1S/C37H42N4O2/c1-25-11-8-9-12-28(20-29-24-43-37(42)35(25)29)22-41(30-13-6-5-7-14-30)34-16-10-15-32-31-23-38(4)33-19-26(2)27(3)21-39(36(31)33)17-18-40(32)34/h5-7,10,13-16,20-21,23-26H,8-9,11-12,17-19,22H2,1-4H3/p+1. The van der Waals surface area contributed by atoms with Crippen LogP contribution in [0.3, 0.4) is 0 Å². The molecule has 0 saturated heterocycles. The van der Waals surface area contributed by atoms with E-state index in [0.29, 0.717) is 5.92 Å². The molecule has 6 nitrogen and oxygen atoms in total. The Morgan fingerprint density at radius 1 is 1.05 bits per heavy atom. The third kappa shape index (κ3) is 4.97. The molecule has 4 aromatic rings. The molecule has 0 spiro atoms. The van der Waals surface area contributed by atoms with Gasteiger partial charge in [0.2, 0.25) is 0 Å². The van der Waals surface area contributed by atoms with Crippen LogP contribution >= 0.6 is 0 Å². The van der Waals surface area contributed by atoms with Crippen molar-refractivity contribution < 1.29 is 14.1 Å².